The normalized spacial score (nSPS) is 22.2. The fourth-order valence-corrected chi connectivity index (χ4v) is 2.12. The van der Waals surface area contributed by atoms with Crippen molar-refractivity contribution in [1.82, 2.24) is 14.7 Å². The molecule has 0 saturated carbocycles. The minimum absolute atomic E-state index is 0.155. The van der Waals surface area contributed by atoms with Crippen LogP contribution in [0.1, 0.15) is 26.2 Å². The van der Waals surface area contributed by atoms with Gasteiger partial charge < -0.3 is 0 Å². The van der Waals surface area contributed by atoms with Gasteiger partial charge in [0.1, 0.15) is 0 Å². The summed E-state index contributed by atoms with van der Waals surface area (Å²) in [6.45, 7) is 3.63. The molecule has 5 nitrogen and oxygen atoms in total. The molecule has 1 aromatic heterocycles. The molecule has 5 heteroatoms. The zero-order valence-corrected chi connectivity index (χ0v) is 9.48. The Morgan fingerprint density at radius 2 is 2.19 bits per heavy atom. The van der Waals surface area contributed by atoms with Crippen LogP contribution in [0.4, 0.5) is 0 Å². The number of aromatic amines is 1. The Kier molecular flexibility index (Phi) is 3.24. The number of hydrogen-bond donors (Lipinski definition) is 1. The first kappa shape index (κ1) is 11.1. The van der Waals surface area contributed by atoms with Gasteiger partial charge in [0.2, 0.25) is 0 Å². The maximum absolute atomic E-state index is 11.5. The Balaban J connectivity index is 2.16. The van der Waals surface area contributed by atoms with Gasteiger partial charge in [-0.15, -0.1) is 0 Å². The van der Waals surface area contributed by atoms with Crippen molar-refractivity contribution in [2.75, 3.05) is 6.54 Å². The molecule has 1 saturated heterocycles. The molecule has 2 rings (SSSR count). The average Bonchev–Trinajstić information content (AvgIpc) is 2.27. The van der Waals surface area contributed by atoms with E-state index in [1.54, 1.807) is 0 Å². The lowest BCUT2D eigenvalue weighted by Gasteiger charge is -2.33. The second-order valence-electron chi connectivity index (χ2n) is 4.37. The standard InChI is InChI=1S/C11H17N3O2/c1-9-4-2-3-7-13(9)8-14-11(16)6-5-10(15)12-14/h5-6,9H,2-4,7-8H2,1H3,(H,12,15)/t9-/m0/s1. The Morgan fingerprint density at radius 3 is 2.94 bits per heavy atom. The van der Waals surface area contributed by atoms with Gasteiger partial charge in [-0.05, 0) is 19.8 Å². The van der Waals surface area contributed by atoms with Crippen molar-refractivity contribution in [3.8, 4) is 0 Å². The third-order valence-electron chi connectivity index (χ3n) is 3.15. The fourth-order valence-electron chi connectivity index (χ4n) is 2.12. The molecule has 2 heterocycles. The number of piperidine rings is 1. The summed E-state index contributed by atoms with van der Waals surface area (Å²) >= 11 is 0. The van der Waals surface area contributed by atoms with Gasteiger partial charge in [0.05, 0.1) is 6.67 Å². The lowest BCUT2D eigenvalue weighted by Crippen LogP contribution is -2.42. The zero-order chi connectivity index (χ0) is 11.5. The predicted octanol–water partition coefficient (Wildman–Crippen LogP) is 0.368. The van der Waals surface area contributed by atoms with E-state index in [2.05, 4.69) is 16.9 Å². The highest BCUT2D eigenvalue weighted by molar-refractivity contribution is 4.86. The molecular formula is C11H17N3O2. The molecule has 0 aromatic carbocycles. The number of H-pyrrole nitrogens is 1. The maximum Gasteiger partial charge on any atom is 0.266 e. The highest BCUT2D eigenvalue weighted by Crippen LogP contribution is 2.15. The van der Waals surface area contributed by atoms with Gasteiger partial charge in [-0.3, -0.25) is 19.6 Å². The summed E-state index contributed by atoms with van der Waals surface area (Å²) in [6.07, 6.45) is 3.57. The summed E-state index contributed by atoms with van der Waals surface area (Å²) in [5.74, 6) is 0. The van der Waals surface area contributed by atoms with Crippen LogP contribution in [0.3, 0.4) is 0 Å². The lowest BCUT2D eigenvalue weighted by molar-refractivity contribution is 0.112. The van der Waals surface area contributed by atoms with Gasteiger partial charge in [-0.2, -0.15) is 0 Å². The minimum Gasteiger partial charge on any atom is -0.282 e. The van der Waals surface area contributed by atoms with Crippen LogP contribution in [-0.2, 0) is 6.67 Å². The SMILES string of the molecule is C[C@H]1CCCCN1Cn1[nH]c(=O)ccc1=O. The molecule has 0 radical (unpaired) electrons. The molecule has 1 N–H and O–H groups in total. The number of rotatable bonds is 2. The molecule has 1 fully saturated rings. The minimum atomic E-state index is -0.232. The van der Waals surface area contributed by atoms with Crippen molar-refractivity contribution in [1.29, 1.82) is 0 Å². The topological polar surface area (TPSA) is 58.1 Å². The van der Waals surface area contributed by atoms with Crippen molar-refractivity contribution in [3.63, 3.8) is 0 Å². The summed E-state index contributed by atoms with van der Waals surface area (Å²) in [6, 6.07) is 3.05. The van der Waals surface area contributed by atoms with Gasteiger partial charge in [-0.1, -0.05) is 6.42 Å². The zero-order valence-electron chi connectivity index (χ0n) is 9.48. The molecule has 0 aliphatic carbocycles. The molecule has 1 aromatic rings. The third kappa shape index (κ3) is 2.41. The number of aromatic nitrogens is 2. The molecule has 0 bridgehead atoms. The highest BCUT2D eigenvalue weighted by Gasteiger charge is 2.18. The van der Waals surface area contributed by atoms with Gasteiger partial charge in [0.25, 0.3) is 11.1 Å². The largest absolute Gasteiger partial charge is 0.282 e. The maximum atomic E-state index is 11.5. The number of hydrogen-bond acceptors (Lipinski definition) is 3. The van der Waals surface area contributed by atoms with Crippen LogP contribution in [0, 0.1) is 0 Å². The van der Waals surface area contributed by atoms with Gasteiger partial charge in [-0.25, -0.2) is 4.68 Å². The molecule has 0 spiro atoms. The Morgan fingerprint density at radius 1 is 1.38 bits per heavy atom. The van der Waals surface area contributed by atoms with Crippen molar-refractivity contribution < 1.29 is 0 Å². The predicted molar refractivity (Wildman–Crippen MR) is 61.3 cm³/mol. The van der Waals surface area contributed by atoms with Crippen LogP contribution in [0.15, 0.2) is 21.7 Å². The Labute approximate surface area is 93.7 Å². The third-order valence-corrected chi connectivity index (χ3v) is 3.15. The molecule has 1 aliphatic rings. The number of nitrogens with one attached hydrogen (secondary N) is 1. The quantitative estimate of drug-likeness (QED) is 0.788. The lowest BCUT2D eigenvalue weighted by atomic mass is 10.0. The first-order valence-corrected chi connectivity index (χ1v) is 5.71. The second-order valence-corrected chi connectivity index (χ2v) is 4.37. The van der Waals surface area contributed by atoms with E-state index in [1.165, 1.54) is 23.2 Å². The van der Waals surface area contributed by atoms with Crippen molar-refractivity contribution in [2.45, 2.75) is 38.9 Å². The summed E-state index contributed by atoms with van der Waals surface area (Å²) in [7, 11) is 0. The van der Waals surface area contributed by atoms with E-state index in [-0.39, 0.29) is 11.1 Å². The Hall–Kier alpha value is -1.36. The van der Waals surface area contributed by atoms with E-state index >= 15 is 0 Å². The summed E-state index contributed by atoms with van der Waals surface area (Å²) < 4.78 is 1.38. The van der Waals surface area contributed by atoms with Crippen molar-refractivity contribution in [3.05, 3.63) is 32.8 Å². The van der Waals surface area contributed by atoms with E-state index in [0.29, 0.717) is 12.7 Å². The van der Waals surface area contributed by atoms with Crippen LogP contribution in [0.25, 0.3) is 0 Å². The van der Waals surface area contributed by atoms with Crippen LogP contribution in [-0.4, -0.2) is 27.3 Å². The number of nitrogens with zero attached hydrogens (tertiary/aromatic N) is 2. The summed E-state index contributed by atoms with van der Waals surface area (Å²) in [4.78, 5) is 24.9. The van der Waals surface area contributed by atoms with Crippen LogP contribution in [0.2, 0.25) is 0 Å². The Bertz CT molecular complexity index is 463. The molecule has 1 aliphatic heterocycles. The first-order chi connectivity index (χ1) is 7.66. The van der Waals surface area contributed by atoms with Crippen LogP contribution < -0.4 is 11.1 Å². The fraction of sp³-hybridized carbons (Fsp3) is 0.636. The van der Waals surface area contributed by atoms with Gasteiger partial charge in [0, 0.05) is 24.7 Å². The van der Waals surface area contributed by atoms with Gasteiger partial charge in [0.15, 0.2) is 0 Å². The van der Waals surface area contributed by atoms with E-state index in [4.69, 9.17) is 0 Å². The van der Waals surface area contributed by atoms with Crippen molar-refractivity contribution in [2.24, 2.45) is 0 Å². The smallest absolute Gasteiger partial charge is 0.266 e. The molecular weight excluding hydrogens is 206 g/mol. The van der Waals surface area contributed by atoms with Gasteiger partial charge >= 0.3 is 0 Å². The highest BCUT2D eigenvalue weighted by atomic mass is 16.2. The molecule has 1 atom stereocenters. The number of likely N-dealkylation sites (tertiary alicyclic amines) is 1. The summed E-state index contributed by atoms with van der Waals surface area (Å²) in [5, 5.41) is 2.55. The monoisotopic (exact) mass is 223 g/mol. The second kappa shape index (κ2) is 4.65. The van der Waals surface area contributed by atoms with E-state index < -0.39 is 0 Å². The molecule has 0 amide bonds. The van der Waals surface area contributed by atoms with Crippen LogP contribution >= 0.6 is 0 Å². The molecule has 0 unspecified atom stereocenters. The van der Waals surface area contributed by atoms with E-state index in [1.807, 2.05) is 0 Å². The van der Waals surface area contributed by atoms with Crippen molar-refractivity contribution >= 4 is 0 Å². The van der Waals surface area contributed by atoms with E-state index in [9.17, 15) is 9.59 Å². The molecule has 88 valence electrons. The first-order valence-electron chi connectivity index (χ1n) is 5.71. The molecule has 16 heavy (non-hydrogen) atoms. The summed E-state index contributed by atoms with van der Waals surface area (Å²) in [5.41, 5.74) is -0.387. The van der Waals surface area contributed by atoms with E-state index in [0.717, 1.165) is 19.4 Å². The van der Waals surface area contributed by atoms with Crippen LogP contribution in [0.5, 0.6) is 0 Å². The average molecular weight is 223 g/mol.